The number of hydrogen-bond donors (Lipinski definition) is 1. The number of aryl methyl sites for hydroxylation is 2. The molecule has 1 saturated heterocycles. The van der Waals surface area contributed by atoms with Gasteiger partial charge in [-0.05, 0) is 74.5 Å². The van der Waals surface area contributed by atoms with Crippen LogP contribution in [0.1, 0.15) is 66.9 Å². The van der Waals surface area contributed by atoms with Gasteiger partial charge in [0.1, 0.15) is 5.54 Å². The monoisotopic (exact) mass is 354 g/mol. The van der Waals surface area contributed by atoms with Crippen molar-refractivity contribution in [2.45, 2.75) is 63.8 Å². The summed E-state index contributed by atoms with van der Waals surface area (Å²) in [6.45, 7) is 2.01. The summed E-state index contributed by atoms with van der Waals surface area (Å²) in [6, 6.07) is 5.39. The lowest BCUT2D eigenvalue weighted by molar-refractivity contribution is -0.132. The minimum Gasteiger partial charge on any atom is -0.323 e. The number of imide groups is 1. The van der Waals surface area contributed by atoms with Crippen molar-refractivity contribution in [2.75, 3.05) is 6.54 Å². The molecule has 1 spiro atoms. The lowest BCUT2D eigenvalue weighted by atomic mass is 9.77. The van der Waals surface area contributed by atoms with E-state index in [0.717, 1.165) is 37.0 Å². The number of nitrogens with one attached hydrogen (secondary N) is 1. The van der Waals surface area contributed by atoms with E-state index in [1.165, 1.54) is 17.5 Å². The zero-order valence-electron chi connectivity index (χ0n) is 15.3. The average molecular weight is 354 g/mol. The van der Waals surface area contributed by atoms with Gasteiger partial charge in [0, 0.05) is 5.56 Å². The molecule has 0 bridgehead atoms. The molecule has 1 aromatic carbocycles. The fourth-order valence-electron chi connectivity index (χ4n) is 4.56. The van der Waals surface area contributed by atoms with Crippen molar-refractivity contribution in [3.05, 3.63) is 34.9 Å². The first-order chi connectivity index (χ1) is 12.5. The van der Waals surface area contributed by atoms with E-state index in [0.29, 0.717) is 24.3 Å². The molecule has 3 aliphatic rings. The molecule has 0 atom stereocenters. The van der Waals surface area contributed by atoms with Crippen molar-refractivity contribution >= 4 is 17.7 Å². The molecule has 26 heavy (non-hydrogen) atoms. The first kappa shape index (κ1) is 17.3. The van der Waals surface area contributed by atoms with E-state index in [1.54, 1.807) is 0 Å². The smallest absolute Gasteiger partial charge is 0.323 e. The SMILES string of the molecule is CC1CCC2(CC1)NC(=O)N(CC(=O)c1ccc3c(c1)CCCC3)C2=O. The number of carbonyl (C=O) groups excluding carboxylic acids is 3. The number of carbonyl (C=O) groups is 3. The van der Waals surface area contributed by atoms with Gasteiger partial charge < -0.3 is 5.32 Å². The fraction of sp³-hybridized carbons (Fsp3) is 0.571. The topological polar surface area (TPSA) is 66.5 Å². The molecule has 2 aliphatic carbocycles. The number of ketones is 1. The van der Waals surface area contributed by atoms with E-state index in [9.17, 15) is 14.4 Å². The van der Waals surface area contributed by atoms with Crippen LogP contribution in [0.15, 0.2) is 18.2 Å². The van der Waals surface area contributed by atoms with E-state index in [-0.39, 0.29) is 18.2 Å². The number of amides is 3. The molecule has 0 aromatic heterocycles. The van der Waals surface area contributed by atoms with Gasteiger partial charge >= 0.3 is 6.03 Å². The summed E-state index contributed by atoms with van der Waals surface area (Å²) in [7, 11) is 0. The van der Waals surface area contributed by atoms with E-state index in [4.69, 9.17) is 0 Å². The van der Waals surface area contributed by atoms with Gasteiger partial charge in [-0.15, -0.1) is 0 Å². The van der Waals surface area contributed by atoms with Gasteiger partial charge in [0.15, 0.2) is 5.78 Å². The van der Waals surface area contributed by atoms with Crippen LogP contribution in [-0.4, -0.2) is 34.7 Å². The van der Waals surface area contributed by atoms with Gasteiger partial charge in [-0.2, -0.15) is 0 Å². The largest absolute Gasteiger partial charge is 0.325 e. The number of benzene rings is 1. The molecular formula is C21H26N2O3. The Bertz CT molecular complexity index is 763. The van der Waals surface area contributed by atoms with Gasteiger partial charge in [0.25, 0.3) is 5.91 Å². The summed E-state index contributed by atoms with van der Waals surface area (Å²) in [6.07, 6.45) is 7.61. The Morgan fingerprint density at radius 1 is 1.15 bits per heavy atom. The highest BCUT2D eigenvalue weighted by molar-refractivity contribution is 6.11. The third-order valence-electron chi connectivity index (χ3n) is 6.35. The van der Waals surface area contributed by atoms with Crippen LogP contribution in [0.2, 0.25) is 0 Å². The van der Waals surface area contributed by atoms with Gasteiger partial charge in [-0.3, -0.25) is 14.5 Å². The third kappa shape index (κ3) is 2.93. The van der Waals surface area contributed by atoms with Crippen molar-refractivity contribution in [1.82, 2.24) is 10.2 Å². The summed E-state index contributed by atoms with van der Waals surface area (Å²) in [5.74, 6) is 0.195. The first-order valence-electron chi connectivity index (χ1n) is 9.78. The van der Waals surface area contributed by atoms with E-state index < -0.39 is 11.6 Å². The van der Waals surface area contributed by atoms with E-state index in [1.807, 2.05) is 18.2 Å². The Morgan fingerprint density at radius 2 is 1.85 bits per heavy atom. The molecule has 1 heterocycles. The number of Topliss-reactive ketones (excluding diaryl/α,β-unsaturated/α-hetero) is 1. The van der Waals surface area contributed by atoms with Crippen molar-refractivity contribution in [3.63, 3.8) is 0 Å². The number of hydrogen-bond acceptors (Lipinski definition) is 3. The minimum absolute atomic E-state index is 0.164. The van der Waals surface area contributed by atoms with Crippen LogP contribution in [0, 0.1) is 5.92 Å². The number of fused-ring (bicyclic) bond motifs is 1. The Hall–Kier alpha value is -2.17. The van der Waals surface area contributed by atoms with Crippen molar-refractivity contribution in [2.24, 2.45) is 5.92 Å². The molecule has 3 amide bonds. The third-order valence-corrected chi connectivity index (χ3v) is 6.35. The predicted octanol–water partition coefficient (Wildman–Crippen LogP) is 3.25. The van der Waals surface area contributed by atoms with Crippen LogP contribution < -0.4 is 5.32 Å². The molecule has 138 valence electrons. The second-order valence-corrected chi connectivity index (χ2v) is 8.20. The Balaban J connectivity index is 1.49. The Kier molecular flexibility index (Phi) is 4.33. The highest BCUT2D eigenvalue weighted by Crippen LogP contribution is 2.36. The van der Waals surface area contributed by atoms with Crippen LogP contribution in [0.25, 0.3) is 0 Å². The van der Waals surface area contributed by atoms with Gasteiger partial charge in [0.05, 0.1) is 6.54 Å². The predicted molar refractivity (Wildman–Crippen MR) is 98.0 cm³/mol. The molecule has 2 fully saturated rings. The summed E-state index contributed by atoms with van der Waals surface area (Å²) < 4.78 is 0. The highest BCUT2D eigenvalue weighted by Gasteiger charge is 2.52. The molecule has 1 aliphatic heterocycles. The molecule has 1 N–H and O–H groups in total. The number of nitrogens with zero attached hydrogens (tertiary/aromatic N) is 1. The maximum Gasteiger partial charge on any atom is 0.325 e. The van der Waals surface area contributed by atoms with Crippen molar-refractivity contribution in [3.8, 4) is 0 Å². The second kappa shape index (κ2) is 6.53. The molecular weight excluding hydrogens is 328 g/mol. The minimum atomic E-state index is -0.778. The molecule has 1 aromatic rings. The van der Waals surface area contributed by atoms with Crippen LogP contribution in [-0.2, 0) is 17.6 Å². The molecule has 0 unspecified atom stereocenters. The summed E-state index contributed by atoms with van der Waals surface area (Å²) in [5, 5.41) is 2.88. The second-order valence-electron chi connectivity index (χ2n) is 8.20. The highest BCUT2D eigenvalue weighted by atomic mass is 16.2. The lowest BCUT2D eigenvalue weighted by Gasteiger charge is -2.33. The Labute approximate surface area is 154 Å². The normalized spacial score (nSPS) is 28.2. The van der Waals surface area contributed by atoms with Gasteiger partial charge in [-0.25, -0.2) is 4.79 Å². The zero-order valence-corrected chi connectivity index (χ0v) is 15.3. The van der Waals surface area contributed by atoms with Crippen molar-refractivity contribution in [1.29, 1.82) is 0 Å². The molecule has 4 rings (SSSR count). The van der Waals surface area contributed by atoms with E-state index in [2.05, 4.69) is 12.2 Å². The lowest BCUT2D eigenvalue weighted by Crippen LogP contribution is -2.49. The average Bonchev–Trinajstić information content (AvgIpc) is 2.88. The molecule has 5 nitrogen and oxygen atoms in total. The number of rotatable bonds is 3. The standard InChI is InChI=1S/C21H26N2O3/c1-14-8-10-21(11-9-14)19(25)23(20(26)22-21)13-18(24)17-7-6-15-4-2-3-5-16(15)12-17/h6-7,12,14H,2-5,8-11,13H2,1H3,(H,22,26). The summed E-state index contributed by atoms with van der Waals surface area (Å²) in [5.41, 5.74) is 2.37. The number of urea groups is 1. The molecule has 1 saturated carbocycles. The van der Waals surface area contributed by atoms with Crippen molar-refractivity contribution < 1.29 is 14.4 Å². The maximum absolute atomic E-state index is 12.9. The van der Waals surface area contributed by atoms with E-state index >= 15 is 0 Å². The van der Waals surface area contributed by atoms with Gasteiger partial charge in [0.2, 0.25) is 0 Å². The van der Waals surface area contributed by atoms with Crippen LogP contribution in [0.4, 0.5) is 4.79 Å². The first-order valence-corrected chi connectivity index (χ1v) is 9.78. The molecule has 5 heteroatoms. The maximum atomic E-state index is 12.9. The Morgan fingerprint density at radius 3 is 2.58 bits per heavy atom. The van der Waals surface area contributed by atoms with Crippen LogP contribution in [0.3, 0.4) is 0 Å². The summed E-state index contributed by atoms with van der Waals surface area (Å²) >= 11 is 0. The fourth-order valence-corrected chi connectivity index (χ4v) is 4.56. The van der Waals surface area contributed by atoms with Crippen LogP contribution >= 0.6 is 0 Å². The zero-order chi connectivity index (χ0) is 18.3. The summed E-state index contributed by atoms with van der Waals surface area (Å²) in [4.78, 5) is 39.1. The quantitative estimate of drug-likeness (QED) is 0.669. The van der Waals surface area contributed by atoms with Gasteiger partial charge in [-0.1, -0.05) is 19.1 Å². The molecule has 0 radical (unpaired) electrons. The van der Waals surface area contributed by atoms with Crippen LogP contribution in [0.5, 0.6) is 0 Å².